The second-order valence-corrected chi connectivity index (χ2v) is 6.10. The van der Waals surface area contributed by atoms with E-state index < -0.39 is 0 Å². The molecule has 0 bridgehead atoms. The minimum atomic E-state index is 0. The molecule has 4 rings (SSSR count). The molecule has 0 spiro atoms. The zero-order chi connectivity index (χ0) is 21.0. The van der Waals surface area contributed by atoms with Crippen molar-refractivity contribution >= 4 is 0 Å². The smallest absolute Gasteiger partial charge is 0.107 e. The van der Waals surface area contributed by atoms with E-state index in [1.165, 1.54) is 11.1 Å². The summed E-state index contributed by atoms with van der Waals surface area (Å²) < 4.78 is 10.8. The average molecular weight is 506 g/mol. The van der Waals surface area contributed by atoms with Gasteiger partial charge in [-0.25, -0.2) is 36.4 Å². The number of hydrogen-bond acceptors (Lipinski definition) is 2. The minimum absolute atomic E-state index is 0. The van der Waals surface area contributed by atoms with Gasteiger partial charge in [0.05, 0.1) is 0 Å². The largest absolute Gasteiger partial charge is 0.748 e. The van der Waals surface area contributed by atoms with Gasteiger partial charge in [0, 0.05) is 47.4 Å². The molecule has 0 atom stereocenters. The molecule has 174 valence electrons. The van der Waals surface area contributed by atoms with Gasteiger partial charge in [0.25, 0.3) is 0 Å². The Hall–Kier alpha value is -2.52. The van der Waals surface area contributed by atoms with Crippen LogP contribution in [-0.2, 0) is 56.8 Å². The Labute approximate surface area is 213 Å². The number of rotatable bonds is 6. The minimum Gasteiger partial charge on any atom is -0.748 e. The third-order valence-electron chi connectivity index (χ3n) is 3.70. The van der Waals surface area contributed by atoms with Crippen molar-refractivity contribution in [3.8, 4) is 23.7 Å². The monoisotopic (exact) mass is 506 g/mol. The molecule has 0 saturated carbocycles. The Morgan fingerprint density at radius 1 is 0.562 bits per heavy atom. The fraction of sp³-hybridized carbons (Fsp3) is 0.143. The van der Waals surface area contributed by atoms with Gasteiger partial charge in [-0.2, -0.15) is 42.5 Å². The normalized spacial score (nSPS) is 8.38. The van der Waals surface area contributed by atoms with Crippen LogP contribution in [0.4, 0.5) is 0 Å². The molecule has 0 unspecified atom stereocenters. The van der Waals surface area contributed by atoms with Gasteiger partial charge in [0.2, 0.25) is 0 Å². The molecular weight excluding hydrogens is 480 g/mol. The van der Waals surface area contributed by atoms with E-state index in [0.29, 0.717) is 26.4 Å². The SMILES string of the molecule is C(C#CCOC[c-]1cccc1)#CCOC[c-]1cccc1.[Fe].[Fe].[cH-]1[cH-][cH-][cH-][cH-]1.c1cc[cH-]c1. The third-order valence-corrected chi connectivity index (χ3v) is 3.70. The van der Waals surface area contributed by atoms with Crippen LogP contribution in [-0.4, -0.2) is 13.2 Å². The molecule has 0 radical (unpaired) electrons. The number of hydrogen-bond donors (Lipinski definition) is 0. The Kier molecular flexibility index (Phi) is 20.0. The van der Waals surface area contributed by atoms with Crippen molar-refractivity contribution < 1.29 is 43.6 Å². The molecule has 0 fully saturated rings. The topological polar surface area (TPSA) is 18.5 Å². The fourth-order valence-corrected chi connectivity index (χ4v) is 2.26. The maximum Gasteiger partial charge on any atom is 0.107 e. The van der Waals surface area contributed by atoms with E-state index in [1.54, 1.807) is 0 Å². The van der Waals surface area contributed by atoms with Crippen LogP contribution in [0.2, 0.25) is 0 Å². The van der Waals surface area contributed by atoms with Crippen molar-refractivity contribution in [2.45, 2.75) is 13.2 Å². The van der Waals surface area contributed by atoms with Crippen molar-refractivity contribution in [2.75, 3.05) is 13.2 Å². The molecule has 0 saturated heterocycles. The first-order valence-electron chi connectivity index (χ1n) is 9.81. The Morgan fingerprint density at radius 3 is 1.25 bits per heavy atom. The summed E-state index contributed by atoms with van der Waals surface area (Å²) >= 11 is 0. The summed E-state index contributed by atoms with van der Waals surface area (Å²) in [5.41, 5.74) is 2.33. The van der Waals surface area contributed by atoms with Crippen molar-refractivity contribution in [1.29, 1.82) is 0 Å². The molecule has 0 aliphatic heterocycles. The molecular formula is C28H26Fe2O2-8. The second kappa shape index (κ2) is 21.7. The van der Waals surface area contributed by atoms with Gasteiger partial charge >= 0.3 is 0 Å². The zero-order valence-corrected chi connectivity index (χ0v) is 20.0. The molecule has 32 heavy (non-hydrogen) atoms. The van der Waals surface area contributed by atoms with E-state index in [4.69, 9.17) is 9.47 Å². The van der Waals surface area contributed by atoms with Gasteiger partial charge in [-0.15, -0.1) is 11.1 Å². The summed E-state index contributed by atoms with van der Waals surface area (Å²) in [7, 11) is 0. The van der Waals surface area contributed by atoms with E-state index in [2.05, 4.69) is 23.7 Å². The Bertz CT molecular complexity index is 827. The van der Waals surface area contributed by atoms with Crippen LogP contribution >= 0.6 is 0 Å². The molecule has 0 heterocycles. The van der Waals surface area contributed by atoms with E-state index in [9.17, 15) is 0 Å². The van der Waals surface area contributed by atoms with Gasteiger partial charge in [0.1, 0.15) is 13.2 Å². The van der Waals surface area contributed by atoms with Gasteiger partial charge in [-0.05, 0) is 11.8 Å². The molecule has 0 aliphatic rings. The van der Waals surface area contributed by atoms with Crippen LogP contribution in [0.1, 0.15) is 11.1 Å². The van der Waals surface area contributed by atoms with E-state index >= 15 is 0 Å². The summed E-state index contributed by atoms with van der Waals surface area (Å²) in [6.45, 7) is 1.98. The molecule has 4 heteroatoms. The quantitative estimate of drug-likeness (QED) is 0.145. The third kappa shape index (κ3) is 16.2. The van der Waals surface area contributed by atoms with Crippen molar-refractivity contribution in [2.24, 2.45) is 0 Å². The van der Waals surface area contributed by atoms with Crippen LogP contribution in [0.5, 0.6) is 0 Å². The first kappa shape index (κ1) is 29.5. The average Bonchev–Trinajstić information content (AvgIpc) is 3.60. The molecule has 0 N–H and O–H groups in total. The summed E-state index contributed by atoms with van der Waals surface area (Å²) in [6, 6.07) is 36.1. The van der Waals surface area contributed by atoms with Gasteiger partial charge in [-0.3, -0.25) is 0 Å². The van der Waals surface area contributed by atoms with Gasteiger partial charge < -0.3 is 39.8 Å². The van der Waals surface area contributed by atoms with E-state index in [-0.39, 0.29) is 34.1 Å². The molecule has 4 aromatic carbocycles. The first-order chi connectivity index (χ1) is 14.9. The summed E-state index contributed by atoms with van der Waals surface area (Å²) in [6.07, 6.45) is 0. The molecule has 0 aromatic heterocycles. The van der Waals surface area contributed by atoms with Crippen LogP contribution in [0.3, 0.4) is 0 Å². The van der Waals surface area contributed by atoms with Crippen molar-refractivity contribution in [3.05, 3.63) is 120 Å². The summed E-state index contributed by atoms with van der Waals surface area (Å²) in [5, 5.41) is 0. The fourth-order valence-electron chi connectivity index (χ4n) is 2.26. The first-order valence-corrected chi connectivity index (χ1v) is 9.81. The van der Waals surface area contributed by atoms with Gasteiger partial charge in [0.15, 0.2) is 0 Å². The second-order valence-electron chi connectivity index (χ2n) is 6.10. The summed E-state index contributed by atoms with van der Waals surface area (Å²) in [5.74, 6) is 11.2. The van der Waals surface area contributed by atoms with E-state index in [0.717, 1.165) is 0 Å². The molecule has 4 aromatic rings. The molecule has 0 aliphatic carbocycles. The maximum absolute atomic E-state index is 5.38. The molecule has 2 nitrogen and oxygen atoms in total. The predicted molar refractivity (Wildman–Crippen MR) is 123 cm³/mol. The van der Waals surface area contributed by atoms with Crippen LogP contribution in [0, 0.1) is 23.7 Å². The van der Waals surface area contributed by atoms with E-state index in [1.807, 2.05) is 109 Å². The Morgan fingerprint density at radius 2 is 0.938 bits per heavy atom. The Balaban J connectivity index is 0.000000657. The number of ether oxygens (including phenoxy) is 2. The van der Waals surface area contributed by atoms with Crippen LogP contribution < -0.4 is 0 Å². The van der Waals surface area contributed by atoms with Crippen LogP contribution in [0.15, 0.2) is 109 Å². The van der Waals surface area contributed by atoms with Crippen molar-refractivity contribution in [3.63, 3.8) is 0 Å². The standard InChI is InChI=1S/C18H16O2.2C5H5.2Fe/c1(7-13-19-15-17-9-3-4-10-17)2-8-14-20-16-18-11-5-6-12-18;2*1-2-4-5-3-1;;/h3-6,9-12H,13-16H2;2*1-5H;;/q-2;-5;-1;;. The van der Waals surface area contributed by atoms with Gasteiger partial charge in [-0.1, -0.05) is 11.8 Å². The van der Waals surface area contributed by atoms with Crippen LogP contribution in [0.25, 0.3) is 0 Å². The maximum atomic E-state index is 5.38. The summed E-state index contributed by atoms with van der Waals surface area (Å²) in [4.78, 5) is 0. The predicted octanol–water partition coefficient (Wildman–Crippen LogP) is 5.67. The van der Waals surface area contributed by atoms with Crippen molar-refractivity contribution in [1.82, 2.24) is 0 Å². The molecule has 0 amide bonds. The zero-order valence-electron chi connectivity index (χ0n) is 17.7.